The first-order valence-corrected chi connectivity index (χ1v) is 6.37. The minimum atomic E-state index is -0.280. The molecule has 5 nitrogen and oxygen atoms in total. The predicted octanol–water partition coefficient (Wildman–Crippen LogP) is 2.30. The molecule has 3 N–H and O–H groups in total. The van der Waals surface area contributed by atoms with E-state index in [4.69, 9.17) is 5.73 Å². The summed E-state index contributed by atoms with van der Waals surface area (Å²) in [5.41, 5.74) is 8.38. The SMILES string of the molecule is CCc1cccc(NC(=O)c2nn(CC)cc2N)c1. The lowest BCUT2D eigenvalue weighted by atomic mass is 10.1. The Morgan fingerprint density at radius 1 is 1.42 bits per heavy atom. The van der Waals surface area contributed by atoms with Crippen molar-refractivity contribution in [2.45, 2.75) is 26.8 Å². The summed E-state index contributed by atoms with van der Waals surface area (Å²) >= 11 is 0. The van der Waals surface area contributed by atoms with Gasteiger partial charge in [0, 0.05) is 18.4 Å². The van der Waals surface area contributed by atoms with E-state index < -0.39 is 0 Å². The van der Waals surface area contributed by atoms with E-state index in [-0.39, 0.29) is 11.6 Å². The van der Waals surface area contributed by atoms with Gasteiger partial charge in [-0.3, -0.25) is 9.48 Å². The lowest BCUT2D eigenvalue weighted by Crippen LogP contribution is -2.14. The molecule has 0 aliphatic rings. The molecular weight excluding hydrogens is 240 g/mol. The molecule has 1 aromatic heterocycles. The lowest BCUT2D eigenvalue weighted by molar-refractivity contribution is 0.102. The third-order valence-electron chi connectivity index (χ3n) is 2.92. The maximum absolute atomic E-state index is 12.1. The fraction of sp³-hybridized carbons (Fsp3) is 0.286. The van der Waals surface area contributed by atoms with Crippen molar-refractivity contribution in [1.82, 2.24) is 9.78 Å². The first-order valence-electron chi connectivity index (χ1n) is 6.37. The zero-order valence-electron chi connectivity index (χ0n) is 11.2. The topological polar surface area (TPSA) is 72.9 Å². The molecule has 0 atom stereocenters. The van der Waals surface area contributed by atoms with E-state index in [0.717, 1.165) is 12.1 Å². The average molecular weight is 258 g/mol. The summed E-state index contributed by atoms with van der Waals surface area (Å²) in [5.74, 6) is -0.280. The molecule has 2 rings (SSSR count). The number of hydrogen-bond donors (Lipinski definition) is 2. The van der Waals surface area contributed by atoms with Crippen LogP contribution in [0.25, 0.3) is 0 Å². The molecule has 1 amide bonds. The number of nitrogens with one attached hydrogen (secondary N) is 1. The summed E-state index contributed by atoms with van der Waals surface area (Å²) in [6, 6.07) is 7.74. The van der Waals surface area contributed by atoms with Crippen LogP contribution in [-0.2, 0) is 13.0 Å². The number of amides is 1. The lowest BCUT2D eigenvalue weighted by Gasteiger charge is -2.05. The first kappa shape index (κ1) is 13.1. The van der Waals surface area contributed by atoms with Crippen molar-refractivity contribution in [3.63, 3.8) is 0 Å². The summed E-state index contributed by atoms with van der Waals surface area (Å²) in [5, 5.41) is 6.96. The van der Waals surface area contributed by atoms with Gasteiger partial charge in [-0.25, -0.2) is 0 Å². The van der Waals surface area contributed by atoms with Crippen LogP contribution in [0.2, 0.25) is 0 Å². The van der Waals surface area contributed by atoms with Gasteiger partial charge in [0.15, 0.2) is 5.69 Å². The summed E-state index contributed by atoms with van der Waals surface area (Å²) in [6.07, 6.45) is 2.59. The number of carbonyl (C=O) groups is 1. The minimum absolute atomic E-state index is 0.267. The van der Waals surface area contributed by atoms with Crippen LogP contribution in [0.15, 0.2) is 30.5 Å². The van der Waals surface area contributed by atoms with Gasteiger partial charge in [-0.05, 0) is 31.0 Å². The second kappa shape index (κ2) is 5.56. The molecule has 0 radical (unpaired) electrons. The maximum Gasteiger partial charge on any atom is 0.278 e. The van der Waals surface area contributed by atoms with Crippen molar-refractivity contribution >= 4 is 17.3 Å². The van der Waals surface area contributed by atoms with E-state index in [1.807, 2.05) is 31.2 Å². The molecule has 0 saturated heterocycles. The largest absolute Gasteiger partial charge is 0.396 e. The minimum Gasteiger partial charge on any atom is -0.396 e. The second-order valence-electron chi connectivity index (χ2n) is 4.30. The number of rotatable bonds is 4. The number of aryl methyl sites for hydroxylation is 2. The molecule has 0 aliphatic carbocycles. The van der Waals surface area contributed by atoms with Gasteiger partial charge in [0.05, 0.1) is 5.69 Å². The average Bonchev–Trinajstić information content (AvgIpc) is 2.80. The fourth-order valence-electron chi connectivity index (χ4n) is 1.83. The normalized spacial score (nSPS) is 10.4. The molecule has 0 unspecified atom stereocenters. The number of anilines is 2. The van der Waals surface area contributed by atoms with Crippen LogP contribution in [0.4, 0.5) is 11.4 Å². The number of carbonyl (C=O) groups excluding carboxylic acids is 1. The summed E-state index contributed by atoms with van der Waals surface area (Å²) in [7, 11) is 0. The van der Waals surface area contributed by atoms with Crippen LogP contribution < -0.4 is 11.1 Å². The number of hydrogen-bond acceptors (Lipinski definition) is 3. The smallest absolute Gasteiger partial charge is 0.278 e. The van der Waals surface area contributed by atoms with E-state index in [1.54, 1.807) is 10.9 Å². The van der Waals surface area contributed by atoms with Crippen LogP contribution in [0.3, 0.4) is 0 Å². The van der Waals surface area contributed by atoms with Crippen LogP contribution in [-0.4, -0.2) is 15.7 Å². The van der Waals surface area contributed by atoms with Gasteiger partial charge in [-0.2, -0.15) is 5.10 Å². The molecule has 0 bridgehead atoms. The summed E-state index contributed by atoms with van der Waals surface area (Å²) in [6.45, 7) is 4.70. The van der Waals surface area contributed by atoms with E-state index in [2.05, 4.69) is 17.3 Å². The zero-order valence-corrected chi connectivity index (χ0v) is 11.2. The van der Waals surface area contributed by atoms with Crippen molar-refractivity contribution < 1.29 is 4.79 Å². The van der Waals surface area contributed by atoms with Gasteiger partial charge in [0.25, 0.3) is 5.91 Å². The molecule has 0 spiro atoms. The van der Waals surface area contributed by atoms with Crippen LogP contribution in [0.5, 0.6) is 0 Å². The van der Waals surface area contributed by atoms with E-state index in [9.17, 15) is 4.79 Å². The van der Waals surface area contributed by atoms with Crippen molar-refractivity contribution in [3.8, 4) is 0 Å². The Morgan fingerprint density at radius 3 is 2.84 bits per heavy atom. The van der Waals surface area contributed by atoms with Gasteiger partial charge >= 0.3 is 0 Å². The quantitative estimate of drug-likeness (QED) is 0.883. The monoisotopic (exact) mass is 258 g/mol. The number of nitrogen functional groups attached to an aromatic ring is 1. The third-order valence-corrected chi connectivity index (χ3v) is 2.92. The molecule has 19 heavy (non-hydrogen) atoms. The van der Waals surface area contributed by atoms with E-state index in [0.29, 0.717) is 12.2 Å². The molecular formula is C14H18N4O. The number of aromatic nitrogens is 2. The maximum atomic E-state index is 12.1. The predicted molar refractivity (Wildman–Crippen MR) is 76.1 cm³/mol. The highest BCUT2D eigenvalue weighted by Gasteiger charge is 2.14. The number of nitrogens with zero attached hydrogens (tertiary/aromatic N) is 2. The Morgan fingerprint density at radius 2 is 2.21 bits per heavy atom. The Balaban J connectivity index is 2.17. The highest BCUT2D eigenvalue weighted by atomic mass is 16.2. The third kappa shape index (κ3) is 2.93. The Hall–Kier alpha value is -2.30. The Kier molecular flexibility index (Phi) is 3.85. The molecule has 100 valence electrons. The summed E-state index contributed by atoms with van der Waals surface area (Å²) < 4.78 is 1.65. The van der Waals surface area contributed by atoms with Crippen molar-refractivity contribution in [2.75, 3.05) is 11.1 Å². The van der Waals surface area contributed by atoms with E-state index >= 15 is 0 Å². The van der Waals surface area contributed by atoms with Crippen LogP contribution >= 0.6 is 0 Å². The van der Waals surface area contributed by atoms with Crippen LogP contribution in [0.1, 0.15) is 29.9 Å². The molecule has 1 heterocycles. The van der Waals surface area contributed by atoms with Crippen molar-refractivity contribution in [1.29, 1.82) is 0 Å². The molecule has 2 aromatic rings. The highest BCUT2D eigenvalue weighted by molar-refractivity contribution is 6.06. The Labute approximate surface area is 112 Å². The number of nitrogens with two attached hydrogens (primary N) is 1. The molecule has 0 fully saturated rings. The zero-order chi connectivity index (χ0) is 13.8. The molecule has 5 heteroatoms. The molecule has 0 saturated carbocycles. The van der Waals surface area contributed by atoms with E-state index in [1.165, 1.54) is 5.56 Å². The van der Waals surface area contributed by atoms with Crippen LogP contribution in [0, 0.1) is 0 Å². The number of benzene rings is 1. The van der Waals surface area contributed by atoms with Gasteiger partial charge in [0.2, 0.25) is 0 Å². The second-order valence-corrected chi connectivity index (χ2v) is 4.30. The van der Waals surface area contributed by atoms with Gasteiger partial charge in [-0.15, -0.1) is 0 Å². The molecule has 0 aliphatic heterocycles. The van der Waals surface area contributed by atoms with Gasteiger partial charge < -0.3 is 11.1 Å². The first-order chi connectivity index (χ1) is 9.13. The highest BCUT2D eigenvalue weighted by Crippen LogP contribution is 2.15. The standard InChI is InChI=1S/C14H18N4O/c1-3-10-6-5-7-11(8-10)16-14(19)13-12(15)9-18(4-2)17-13/h5-9H,3-4,15H2,1-2H3,(H,16,19). The van der Waals surface area contributed by atoms with Gasteiger partial charge in [-0.1, -0.05) is 19.1 Å². The van der Waals surface area contributed by atoms with Crippen molar-refractivity contribution in [3.05, 3.63) is 41.7 Å². The molecule has 1 aromatic carbocycles. The summed E-state index contributed by atoms with van der Waals surface area (Å²) in [4.78, 5) is 12.1. The van der Waals surface area contributed by atoms with Crippen molar-refractivity contribution in [2.24, 2.45) is 0 Å². The fourth-order valence-corrected chi connectivity index (χ4v) is 1.83. The van der Waals surface area contributed by atoms with Gasteiger partial charge in [0.1, 0.15) is 0 Å². The Bertz CT molecular complexity index is 589.